The monoisotopic (exact) mass is 337 g/mol. The first kappa shape index (κ1) is 14.3. The zero-order valence-electron chi connectivity index (χ0n) is 10.9. The Morgan fingerprint density at radius 2 is 1.95 bits per heavy atom. The fourth-order valence-corrected chi connectivity index (χ4v) is 2.91. The molecule has 0 radical (unpaired) electrons. The molecule has 2 nitrogen and oxygen atoms in total. The third-order valence-electron chi connectivity index (χ3n) is 2.95. The molecule has 0 aliphatic carbocycles. The molecule has 0 saturated carbocycles. The number of aryl methyl sites for hydroxylation is 1. The minimum absolute atomic E-state index is 0.000110. The third kappa shape index (κ3) is 3.67. The highest BCUT2D eigenvalue weighted by Gasteiger charge is 2.13. The number of amides is 1. The second-order valence-electron chi connectivity index (χ2n) is 4.37. The average molecular weight is 338 g/mol. The van der Waals surface area contributed by atoms with Gasteiger partial charge in [-0.3, -0.25) is 4.79 Å². The number of carbonyl (C=O) groups is 1. The molecule has 100 valence electrons. The molecular weight excluding hydrogens is 322 g/mol. The molecule has 19 heavy (non-hydrogen) atoms. The van der Waals surface area contributed by atoms with E-state index in [4.69, 9.17) is 0 Å². The fraction of sp³-hybridized carbons (Fsp3) is 0.267. The molecule has 2 aromatic rings. The zero-order valence-corrected chi connectivity index (χ0v) is 13.3. The van der Waals surface area contributed by atoms with Gasteiger partial charge in [0.15, 0.2) is 0 Å². The van der Waals surface area contributed by atoms with Crippen molar-refractivity contribution in [2.45, 2.75) is 26.3 Å². The molecule has 1 heterocycles. The molecule has 1 N–H and O–H groups in total. The van der Waals surface area contributed by atoms with Crippen LogP contribution in [0, 0.1) is 0 Å². The summed E-state index contributed by atoms with van der Waals surface area (Å²) in [4.78, 5) is 14.1. The number of halogens is 1. The molecule has 4 heteroatoms. The standard InChI is InChI=1S/C15H16BrNOS/c1-3-13-8-9-14(19-13)15(18)17-10(2)11-4-6-12(16)7-5-11/h4-10H,3H2,1-2H3,(H,17,18). The lowest BCUT2D eigenvalue weighted by atomic mass is 10.1. The molecule has 1 atom stereocenters. The zero-order chi connectivity index (χ0) is 13.8. The van der Waals surface area contributed by atoms with Gasteiger partial charge in [0.05, 0.1) is 10.9 Å². The van der Waals surface area contributed by atoms with Gasteiger partial charge in [-0.25, -0.2) is 0 Å². The van der Waals surface area contributed by atoms with Crippen LogP contribution < -0.4 is 5.32 Å². The Morgan fingerprint density at radius 1 is 1.26 bits per heavy atom. The molecule has 1 aromatic carbocycles. The van der Waals surface area contributed by atoms with Gasteiger partial charge in [-0.1, -0.05) is 35.0 Å². The fourth-order valence-electron chi connectivity index (χ4n) is 1.79. The maximum atomic E-state index is 12.1. The van der Waals surface area contributed by atoms with E-state index in [9.17, 15) is 4.79 Å². The van der Waals surface area contributed by atoms with E-state index in [1.165, 1.54) is 4.88 Å². The van der Waals surface area contributed by atoms with Gasteiger partial charge in [-0.2, -0.15) is 0 Å². The van der Waals surface area contributed by atoms with Gasteiger partial charge < -0.3 is 5.32 Å². The van der Waals surface area contributed by atoms with Crippen molar-refractivity contribution < 1.29 is 4.79 Å². The third-order valence-corrected chi connectivity index (χ3v) is 4.71. The van der Waals surface area contributed by atoms with E-state index in [1.54, 1.807) is 11.3 Å². The van der Waals surface area contributed by atoms with Crippen molar-refractivity contribution in [3.8, 4) is 0 Å². The van der Waals surface area contributed by atoms with Gasteiger partial charge in [0, 0.05) is 9.35 Å². The minimum Gasteiger partial charge on any atom is -0.345 e. The van der Waals surface area contributed by atoms with Gasteiger partial charge in [0.2, 0.25) is 0 Å². The number of carbonyl (C=O) groups excluding carboxylic acids is 1. The maximum Gasteiger partial charge on any atom is 0.261 e. The number of benzene rings is 1. The van der Waals surface area contributed by atoms with E-state index < -0.39 is 0 Å². The highest BCUT2D eigenvalue weighted by Crippen LogP contribution is 2.20. The average Bonchev–Trinajstić information content (AvgIpc) is 2.88. The normalized spacial score (nSPS) is 12.2. The van der Waals surface area contributed by atoms with Crippen molar-refractivity contribution in [1.29, 1.82) is 0 Å². The van der Waals surface area contributed by atoms with Crippen LogP contribution in [0.4, 0.5) is 0 Å². The summed E-state index contributed by atoms with van der Waals surface area (Å²) < 4.78 is 1.04. The second-order valence-corrected chi connectivity index (χ2v) is 6.45. The SMILES string of the molecule is CCc1ccc(C(=O)NC(C)c2ccc(Br)cc2)s1. The summed E-state index contributed by atoms with van der Waals surface area (Å²) in [6.45, 7) is 4.09. The summed E-state index contributed by atoms with van der Waals surface area (Å²) in [6.07, 6.45) is 0.972. The summed E-state index contributed by atoms with van der Waals surface area (Å²) >= 11 is 4.97. The molecule has 2 rings (SSSR count). The summed E-state index contributed by atoms with van der Waals surface area (Å²) in [7, 11) is 0. The van der Waals surface area contributed by atoms with Gasteiger partial charge in [0.1, 0.15) is 0 Å². The first-order valence-corrected chi connectivity index (χ1v) is 7.86. The number of thiophene rings is 1. The first-order chi connectivity index (χ1) is 9.10. The lowest BCUT2D eigenvalue weighted by Gasteiger charge is -2.13. The Balaban J connectivity index is 2.04. The van der Waals surface area contributed by atoms with Crippen LogP contribution in [0.25, 0.3) is 0 Å². The Bertz CT molecular complexity index is 562. The van der Waals surface area contributed by atoms with Crippen molar-refractivity contribution in [2.24, 2.45) is 0 Å². The highest BCUT2D eigenvalue weighted by atomic mass is 79.9. The van der Waals surface area contributed by atoms with Crippen LogP contribution in [-0.2, 0) is 6.42 Å². The van der Waals surface area contributed by atoms with Gasteiger partial charge in [-0.05, 0) is 43.2 Å². The van der Waals surface area contributed by atoms with Crippen LogP contribution in [0.3, 0.4) is 0 Å². The smallest absolute Gasteiger partial charge is 0.261 e. The van der Waals surface area contributed by atoms with Crippen molar-refractivity contribution in [1.82, 2.24) is 5.32 Å². The molecular formula is C15H16BrNOS. The van der Waals surface area contributed by atoms with Crippen LogP contribution in [0.1, 0.15) is 40.0 Å². The van der Waals surface area contributed by atoms with Crippen LogP contribution in [0.15, 0.2) is 40.9 Å². The number of nitrogens with one attached hydrogen (secondary N) is 1. The Hall–Kier alpha value is -1.13. The van der Waals surface area contributed by atoms with E-state index in [0.29, 0.717) is 0 Å². The predicted octanol–water partition coefficient (Wildman–Crippen LogP) is 4.56. The second kappa shape index (κ2) is 6.35. The molecule has 1 aromatic heterocycles. The van der Waals surface area contributed by atoms with Crippen LogP contribution >= 0.6 is 27.3 Å². The highest BCUT2D eigenvalue weighted by molar-refractivity contribution is 9.10. The molecule has 0 saturated heterocycles. The topological polar surface area (TPSA) is 29.1 Å². The Kier molecular flexibility index (Phi) is 4.77. The summed E-state index contributed by atoms with van der Waals surface area (Å²) in [6, 6.07) is 11.9. The summed E-state index contributed by atoms with van der Waals surface area (Å²) in [5, 5.41) is 3.03. The quantitative estimate of drug-likeness (QED) is 0.870. The van der Waals surface area contributed by atoms with Crippen molar-refractivity contribution in [2.75, 3.05) is 0 Å². The largest absolute Gasteiger partial charge is 0.345 e. The number of hydrogen-bond acceptors (Lipinski definition) is 2. The molecule has 0 aliphatic rings. The Labute approximate surface area is 126 Å². The lowest BCUT2D eigenvalue weighted by molar-refractivity contribution is 0.0944. The predicted molar refractivity (Wildman–Crippen MR) is 83.7 cm³/mol. The van der Waals surface area contributed by atoms with Crippen LogP contribution in [-0.4, -0.2) is 5.91 Å². The van der Waals surface area contributed by atoms with E-state index in [1.807, 2.05) is 43.3 Å². The maximum absolute atomic E-state index is 12.1. The van der Waals surface area contributed by atoms with Crippen molar-refractivity contribution in [3.05, 3.63) is 56.2 Å². The summed E-state index contributed by atoms with van der Waals surface area (Å²) in [5.41, 5.74) is 1.10. The molecule has 0 bridgehead atoms. The molecule has 0 aliphatic heterocycles. The van der Waals surface area contributed by atoms with Gasteiger partial charge >= 0.3 is 0 Å². The first-order valence-electron chi connectivity index (χ1n) is 6.25. The van der Waals surface area contributed by atoms with E-state index in [2.05, 4.69) is 28.2 Å². The number of rotatable bonds is 4. The van der Waals surface area contributed by atoms with E-state index in [-0.39, 0.29) is 11.9 Å². The van der Waals surface area contributed by atoms with E-state index >= 15 is 0 Å². The molecule has 0 fully saturated rings. The number of hydrogen-bond donors (Lipinski definition) is 1. The van der Waals surface area contributed by atoms with Crippen LogP contribution in [0.5, 0.6) is 0 Å². The lowest BCUT2D eigenvalue weighted by Crippen LogP contribution is -2.25. The molecule has 0 spiro atoms. The van der Waals surface area contributed by atoms with Crippen LogP contribution in [0.2, 0.25) is 0 Å². The van der Waals surface area contributed by atoms with Gasteiger partial charge in [-0.15, -0.1) is 11.3 Å². The van der Waals surface area contributed by atoms with Gasteiger partial charge in [0.25, 0.3) is 5.91 Å². The molecule has 1 amide bonds. The summed E-state index contributed by atoms with van der Waals surface area (Å²) in [5.74, 6) is 0.000110. The molecule has 1 unspecified atom stereocenters. The van der Waals surface area contributed by atoms with E-state index in [0.717, 1.165) is 21.3 Å². The Morgan fingerprint density at radius 3 is 2.53 bits per heavy atom. The minimum atomic E-state index is 0.000110. The van der Waals surface area contributed by atoms with Crippen molar-refractivity contribution in [3.63, 3.8) is 0 Å². The van der Waals surface area contributed by atoms with Crippen molar-refractivity contribution >= 4 is 33.2 Å².